The van der Waals surface area contributed by atoms with Crippen molar-refractivity contribution in [1.82, 2.24) is 34.7 Å². The molecular formula is C18H21N7S. The van der Waals surface area contributed by atoms with E-state index in [2.05, 4.69) is 36.2 Å². The van der Waals surface area contributed by atoms with Crippen molar-refractivity contribution in [3.8, 4) is 11.6 Å². The molecule has 4 aromatic heterocycles. The maximum Gasteiger partial charge on any atom is 0.177 e. The summed E-state index contributed by atoms with van der Waals surface area (Å²) in [6, 6.07) is 2.09. The Bertz CT molecular complexity index is 1040. The van der Waals surface area contributed by atoms with Gasteiger partial charge in [-0.15, -0.1) is 11.3 Å². The van der Waals surface area contributed by atoms with Crippen molar-refractivity contribution in [1.29, 1.82) is 0 Å². The predicted octanol–water partition coefficient (Wildman–Crippen LogP) is 2.25. The lowest BCUT2D eigenvalue weighted by Crippen LogP contribution is -2.44. The minimum absolute atomic E-state index is 0.811. The van der Waals surface area contributed by atoms with Gasteiger partial charge >= 0.3 is 0 Å². The highest BCUT2D eigenvalue weighted by Crippen LogP contribution is 2.33. The molecule has 0 aromatic carbocycles. The molecule has 1 saturated heterocycles. The molecule has 0 atom stereocenters. The second-order valence-corrected chi connectivity index (χ2v) is 7.56. The normalized spacial score (nSPS) is 16.0. The molecular weight excluding hydrogens is 346 g/mol. The van der Waals surface area contributed by atoms with E-state index in [1.165, 1.54) is 10.2 Å². The van der Waals surface area contributed by atoms with Crippen LogP contribution in [-0.4, -0.2) is 62.1 Å². The van der Waals surface area contributed by atoms with Gasteiger partial charge in [0, 0.05) is 51.7 Å². The number of imidazole rings is 2. The Morgan fingerprint density at radius 2 is 2.08 bits per heavy atom. The number of nitrogens with zero attached hydrogens (tertiary/aromatic N) is 5. The number of fused-ring (bicyclic) bond motifs is 3. The SMILES string of the molecule is Cc1nc2ccsc2c2c1nc(-c1ncc[nH]1)n2CCN1CCNCC1. The standard InChI is InChI=1S/C18H21N7S/c1-12-14-15(16-13(22-12)2-11-26-16)25(10-9-24-7-5-19-6-8-24)18(23-14)17-20-3-4-21-17/h2-4,11,19H,5-10H2,1H3,(H,20,21). The van der Waals surface area contributed by atoms with Gasteiger partial charge in [0.25, 0.3) is 0 Å². The second-order valence-electron chi connectivity index (χ2n) is 6.65. The number of aromatic nitrogens is 5. The van der Waals surface area contributed by atoms with E-state index in [9.17, 15) is 0 Å². The van der Waals surface area contributed by atoms with E-state index in [1.54, 1.807) is 17.5 Å². The van der Waals surface area contributed by atoms with Crippen LogP contribution in [0.25, 0.3) is 32.9 Å². The number of aryl methyl sites for hydroxylation is 1. The molecule has 5 rings (SSSR count). The summed E-state index contributed by atoms with van der Waals surface area (Å²) < 4.78 is 3.53. The number of H-pyrrole nitrogens is 1. The highest BCUT2D eigenvalue weighted by atomic mass is 32.1. The molecule has 8 heteroatoms. The van der Waals surface area contributed by atoms with Gasteiger partial charge in [0.15, 0.2) is 11.6 Å². The van der Waals surface area contributed by atoms with Gasteiger partial charge in [0.2, 0.25) is 0 Å². The van der Waals surface area contributed by atoms with Crippen molar-refractivity contribution >= 4 is 32.6 Å². The first-order valence-electron chi connectivity index (χ1n) is 8.98. The van der Waals surface area contributed by atoms with Crippen LogP contribution in [0.4, 0.5) is 0 Å². The Morgan fingerprint density at radius 1 is 1.19 bits per heavy atom. The van der Waals surface area contributed by atoms with Crippen LogP contribution in [-0.2, 0) is 6.54 Å². The van der Waals surface area contributed by atoms with Gasteiger partial charge in [-0.1, -0.05) is 0 Å². The summed E-state index contributed by atoms with van der Waals surface area (Å²) in [6.07, 6.45) is 3.63. The smallest absolute Gasteiger partial charge is 0.177 e. The molecule has 1 fully saturated rings. The number of piperazine rings is 1. The van der Waals surface area contributed by atoms with Gasteiger partial charge in [0.05, 0.1) is 21.4 Å². The number of thiophene rings is 1. The van der Waals surface area contributed by atoms with Gasteiger partial charge in [-0.25, -0.2) is 15.0 Å². The monoisotopic (exact) mass is 367 g/mol. The van der Waals surface area contributed by atoms with Crippen LogP contribution in [0.2, 0.25) is 0 Å². The van der Waals surface area contributed by atoms with Gasteiger partial charge in [0.1, 0.15) is 5.52 Å². The molecule has 0 bridgehead atoms. The molecule has 134 valence electrons. The van der Waals surface area contributed by atoms with Crippen LogP contribution in [0.15, 0.2) is 23.8 Å². The average Bonchev–Trinajstić information content (AvgIpc) is 3.39. The van der Waals surface area contributed by atoms with E-state index in [0.29, 0.717) is 0 Å². The van der Waals surface area contributed by atoms with E-state index in [-0.39, 0.29) is 0 Å². The third kappa shape index (κ3) is 2.61. The summed E-state index contributed by atoms with van der Waals surface area (Å²) >= 11 is 1.73. The zero-order chi connectivity index (χ0) is 17.5. The van der Waals surface area contributed by atoms with Crippen molar-refractivity contribution in [2.24, 2.45) is 0 Å². The first-order valence-corrected chi connectivity index (χ1v) is 9.86. The first-order chi connectivity index (χ1) is 12.8. The minimum Gasteiger partial charge on any atom is -0.342 e. The van der Waals surface area contributed by atoms with Crippen LogP contribution in [0.3, 0.4) is 0 Å². The fourth-order valence-electron chi connectivity index (χ4n) is 3.70. The molecule has 0 saturated carbocycles. The number of aromatic amines is 1. The summed E-state index contributed by atoms with van der Waals surface area (Å²) in [5, 5.41) is 5.52. The summed E-state index contributed by atoms with van der Waals surface area (Å²) in [5.74, 6) is 1.71. The van der Waals surface area contributed by atoms with Crippen LogP contribution in [0.5, 0.6) is 0 Å². The Balaban J connectivity index is 1.65. The lowest BCUT2D eigenvalue weighted by molar-refractivity contribution is 0.233. The topological polar surface area (TPSA) is 74.7 Å². The van der Waals surface area contributed by atoms with E-state index in [4.69, 9.17) is 9.97 Å². The van der Waals surface area contributed by atoms with Crippen LogP contribution >= 0.6 is 11.3 Å². The van der Waals surface area contributed by atoms with Crippen molar-refractivity contribution < 1.29 is 0 Å². The maximum absolute atomic E-state index is 4.93. The number of hydrogen-bond acceptors (Lipinski definition) is 6. The molecule has 0 amide bonds. The molecule has 4 aromatic rings. The summed E-state index contributed by atoms with van der Waals surface area (Å²) in [5.41, 5.74) is 4.18. The molecule has 26 heavy (non-hydrogen) atoms. The molecule has 7 nitrogen and oxygen atoms in total. The molecule has 0 spiro atoms. The second kappa shape index (κ2) is 6.46. The van der Waals surface area contributed by atoms with Gasteiger partial charge in [-0.3, -0.25) is 4.90 Å². The molecule has 1 aliphatic rings. The Labute approximate surface area is 155 Å². The summed E-state index contributed by atoms with van der Waals surface area (Å²) in [7, 11) is 0. The zero-order valence-electron chi connectivity index (χ0n) is 14.7. The minimum atomic E-state index is 0.811. The number of nitrogens with one attached hydrogen (secondary N) is 2. The zero-order valence-corrected chi connectivity index (χ0v) is 15.5. The average molecular weight is 367 g/mol. The van der Waals surface area contributed by atoms with E-state index in [1.807, 2.05) is 13.1 Å². The lowest BCUT2D eigenvalue weighted by atomic mass is 10.3. The lowest BCUT2D eigenvalue weighted by Gasteiger charge is -2.27. The van der Waals surface area contributed by atoms with Crippen molar-refractivity contribution in [3.05, 3.63) is 29.5 Å². The van der Waals surface area contributed by atoms with Crippen LogP contribution < -0.4 is 5.32 Å². The van der Waals surface area contributed by atoms with Crippen LogP contribution in [0, 0.1) is 6.92 Å². The van der Waals surface area contributed by atoms with Gasteiger partial charge < -0.3 is 14.9 Å². The predicted molar refractivity (Wildman–Crippen MR) is 105 cm³/mol. The van der Waals surface area contributed by atoms with E-state index in [0.717, 1.165) is 67.6 Å². The van der Waals surface area contributed by atoms with Crippen molar-refractivity contribution in [3.63, 3.8) is 0 Å². The highest BCUT2D eigenvalue weighted by molar-refractivity contribution is 7.18. The van der Waals surface area contributed by atoms with Gasteiger partial charge in [-0.2, -0.15) is 0 Å². The molecule has 0 radical (unpaired) electrons. The third-order valence-corrected chi connectivity index (χ3v) is 5.93. The Kier molecular flexibility index (Phi) is 3.96. The van der Waals surface area contributed by atoms with E-state index >= 15 is 0 Å². The molecule has 1 aliphatic heterocycles. The third-order valence-electron chi connectivity index (χ3n) is 5.02. The van der Waals surface area contributed by atoms with Gasteiger partial charge in [-0.05, 0) is 18.4 Å². The quantitative estimate of drug-likeness (QED) is 0.579. The fraction of sp³-hybridized carbons (Fsp3) is 0.389. The number of hydrogen-bond donors (Lipinski definition) is 2. The first kappa shape index (κ1) is 15.9. The molecule has 0 unspecified atom stereocenters. The highest BCUT2D eigenvalue weighted by Gasteiger charge is 2.20. The molecule has 5 heterocycles. The number of pyridine rings is 1. The molecule has 0 aliphatic carbocycles. The van der Waals surface area contributed by atoms with E-state index < -0.39 is 0 Å². The molecule has 2 N–H and O–H groups in total. The number of rotatable bonds is 4. The van der Waals surface area contributed by atoms with Crippen molar-refractivity contribution in [2.75, 3.05) is 32.7 Å². The Hall–Kier alpha value is -2.29. The maximum atomic E-state index is 4.93. The Morgan fingerprint density at radius 3 is 2.88 bits per heavy atom. The fourth-order valence-corrected chi connectivity index (χ4v) is 4.58. The largest absolute Gasteiger partial charge is 0.342 e. The summed E-state index contributed by atoms with van der Waals surface area (Å²) in [4.78, 5) is 19.8. The van der Waals surface area contributed by atoms with Crippen LogP contribution in [0.1, 0.15) is 5.69 Å². The summed E-state index contributed by atoms with van der Waals surface area (Å²) in [6.45, 7) is 8.26. The van der Waals surface area contributed by atoms with Crippen molar-refractivity contribution in [2.45, 2.75) is 13.5 Å².